The van der Waals surface area contributed by atoms with Crippen LogP contribution in [0.4, 0.5) is 13.2 Å². The molecule has 0 radical (unpaired) electrons. The number of pyridine rings is 1. The van der Waals surface area contributed by atoms with Crippen LogP contribution in [-0.4, -0.2) is 18.2 Å². The summed E-state index contributed by atoms with van der Waals surface area (Å²) < 4.78 is 36.8. The number of alkyl halides is 3. The Kier molecular flexibility index (Phi) is 4.04. The predicted octanol–water partition coefficient (Wildman–Crippen LogP) is 3.84. The van der Waals surface area contributed by atoms with E-state index in [4.69, 9.17) is 0 Å². The highest BCUT2D eigenvalue weighted by Crippen LogP contribution is 2.28. The molecule has 0 fully saturated rings. The first kappa shape index (κ1) is 13.8. The van der Waals surface area contributed by atoms with Crippen LogP contribution in [0.15, 0.2) is 36.5 Å². The Hall–Kier alpha value is -1.62. The van der Waals surface area contributed by atoms with E-state index in [-0.39, 0.29) is 12.5 Å². The quantitative estimate of drug-likeness (QED) is 0.911. The molecule has 0 aliphatic rings. The van der Waals surface area contributed by atoms with Gasteiger partial charge in [0.2, 0.25) is 0 Å². The fraction of sp³-hybridized carbons (Fsp3) is 0.357. The standard InChI is InChI=1S/C14H15F3N2/c1-18-12(6-7-14(15,16)17)11-8-10-4-2-3-5-13(10)19-9-11/h2-5,8-9,12,18H,6-7H2,1H3. The van der Waals surface area contributed by atoms with Gasteiger partial charge in [-0.3, -0.25) is 4.98 Å². The molecule has 5 heteroatoms. The second-order valence-corrected chi connectivity index (χ2v) is 4.46. The number of benzene rings is 1. The Morgan fingerprint density at radius 3 is 2.68 bits per heavy atom. The average Bonchev–Trinajstić information content (AvgIpc) is 2.38. The predicted molar refractivity (Wildman–Crippen MR) is 68.8 cm³/mol. The van der Waals surface area contributed by atoms with Gasteiger partial charge >= 0.3 is 6.18 Å². The van der Waals surface area contributed by atoms with Crippen LogP contribution in [0.3, 0.4) is 0 Å². The van der Waals surface area contributed by atoms with Gasteiger partial charge in [-0.25, -0.2) is 0 Å². The van der Waals surface area contributed by atoms with E-state index in [1.54, 1.807) is 13.2 Å². The average molecular weight is 268 g/mol. The molecule has 2 aromatic rings. The summed E-state index contributed by atoms with van der Waals surface area (Å²) in [7, 11) is 1.66. The van der Waals surface area contributed by atoms with Gasteiger partial charge in [0.15, 0.2) is 0 Å². The van der Waals surface area contributed by atoms with Crippen LogP contribution < -0.4 is 5.32 Å². The van der Waals surface area contributed by atoms with Gasteiger partial charge in [-0.15, -0.1) is 0 Å². The fourth-order valence-corrected chi connectivity index (χ4v) is 2.06. The van der Waals surface area contributed by atoms with Crippen molar-refractivity contribution >= 4 is 10.9 Å². The third-order valence-corrected chi connectivity index (χ3v) is 3.08. The smallest absolute Gasteiger partial charge is 0.313 e. The lowest BCUT2D eigenvalue weighted by molar-refractivity contribution is -0.136. The molecule has 1 unspecified atom stereocenters. The van der Waals surface area contributed by atoms with E-state index >= 15 is 0 Å². The summed E-state index contributed by atoms with van der Waals surface area (Å²) in [5, 5.41) is 3.85. The van der Waals surface area contributed by atoms with Crippen molar-refractivity contribution in [2.45, 2.75) is 25.1 Å². The Balaban J connectivity index is 2.20. The first-order valence-electron chi connectivity index (χ1n) is 6.08. The van der Waals surface area contributed by atoms with Crippen molar-refractivity contribution in [2.24, 2.45) is 0 Å². The molecule has 0 amide bonds. The third-order valence-electron chi connectivity index (χ3n) is 3.08. The number of nitrogens with one attached hydrogen (secondary N) is 1. The van der Waals surface area contributed by atoms with Crippen LogP contribution >= 0.6 is 0 Å². The molecule has 1 aromatic carbocycles. The van der Waals surface area contributed by atoms with Crippen molar-refractivity contribution in [3.05, 3.63) is 42.1 Å². The van der Waals surface area contributed by atoms with Crippen molar-refractivity contribution < 1.29 is 13.2 Å². The number of para-hydroxylation sites is 1. The van der Waals surface area contributed by atoms with E-state index in [9.17, 15) is 13.2 Å². The maximum absolute atomic E-state index is 12.3. The van der Waals surface area contributed by atoms with Gasteiger partial charge in [0, 0.05) is 24.0 Å². The largest absolute Gasteiger partial charge is 0.389 e. The van der Waals surface area contributed by atoms with Crippen molar-refractivity contribution in [1.29, 1.82) is 0 Å². The maximum Gasteiger partial charge on any atom is 0.389 e. The molecule has 102 valence electrons. The van der Waals surface area contributed by atoms with Gasteiger partial charge in [-0.1, -0.05) is 18.2 Å². The molecule has 0 aliphatic heterocycles. The Labute approximate surface area is 109 Å². The normalized spacial score (nSPS) is 13.7. The van der Waals surface area contributed by atoms with Crippen LogP contribution in [0.1, 0.15) is 24.4 Å². The molecule has 0 saturated heterocycles. The highest BCUT2D eigenvalue weighted by atomic mass is 19.4. The van der Waals surface area contributed by atoms with Crippen molar-refractivity contribution in [3.8, 4) is 0 Å². The molecular weight excluding hydrogens is 253 g/mol. The summed E-state index contributed by atoms with van der Waals surface area (Å²) >= 11 is 0. The van der Waals surface area contributed by atoms with E-state index in [1.165, 1.54) is 0 Å². The lowest BCUT2D eigenvalue weighted by Crippen LogP contribution is -2.19. The lowest BCUT2D eigenvalue weighted by Gasteiger charge is -2.17. The Morgan fingerprint density at radius 1 is 1.26 bits per heavy atom. The number of rotatable bonds is 4. The third kappa shape index (κ3) is 3.67. The van der Waals surface area contributed by atoms with E-state index < -0.39 is 12.6 Å². The molecule has 2 nitrogen and oxygen atoms in total. The number of hydrogen-bond donors (Lipinski definition) is 1. The zero-order chi connectivity index (χ0) is 13.9. The second kappa shape index (κ2) is 5.57. The Bertz CT molecular complexity index is 552. The minimum atomic E-state index is -4.13. The van der Waals surface area contributed by atoms with Gasteiger partial charge in [0.05, 0.1) is 5.52 Å². The summed E-state index contributed by atoms with van der Waals surface area (Å²) in [6, 6.07) is 9.11. The van der Waals surface area contributed by atoms with E-state index in [2.05, 4.69) is 10.3 Å². The van der Waals surface area contributed by atoms with Crippen molar-refractivity contribution in [2.75, 3.05) is 7.05 Å². The minimum absolute atomic E-state index is 0.0139. The topological polar surface area (TPSA) is 24.9 Å². The first-order valence-corrected chi connectivity index (χ1v) is 6.08. The minimum Gasteiger partial charge on any atom is -0.313 e. The van der Waals surface area contributed by atoms with E-state index in [0.717, 1.165) is 16.5 Å². The van der Waals surface area contributed by atoms with E-state index in [1.807, 2.05) is 30.3 Å². The van der Waals surface area contributed by atoms with Crippen molar-refractivity contribution in [3.63, 3.8) is 0 Å². The molecule has 0 bridgehead atoms. The summed E-state index contributed by atoms with van der Waals surface area (Å²) in [6.07, 6.45) is -3.27. The summed E-state index contributed by atoms with van der Waals surface area (Å²) in [4.78, 5) is 4.27. The molecule has 0 saturated carbocycles. The fourth-order valence-electron chi connectivity index (χ4n) is 2.06. The van der Waals surface area contributed by atoms with Gasteiger partial charge in [0.1, 0.15) is 0 Å². The summed E-state index contributed by atoms with van der Waals surface area (Å²) in [6.45, 7) is 0. The van der Waals surface area contributed by atoms with Gasteiger partial charge in [-0.2, -0.15) is 13.2 Å². The van der Waals surface area contributed by atoms with E-state index in [0.29, 0.717) is 0 Å². The molecule has 1 N–H and O–H groups in total. The Morgan fingerprint density at radius 2 is 2.00 bits per heavy atom. The maximum atomic E-state index is 12.3. The molecule has 19 heavy (non-hydrogen) atoms. The van der Waals surface area contributed by atoms with Gasteiger partial charge < -0.3 is 5.32 Å². The van der Waals surface area contributed by atoms with Crippen LogP contribution in [0.5, 0.6) is 0 Å². The summed E-state index contributed by atoms with van der Waals surface area (Å²) in [5.41, 5.74) is 1.63. The monoisotopic (exact) mass is 268 g/mol. The SMILES string of the molecule is CNC(CCC(F)(F)F)c1cnc2ccccc2c1. The molecule has 0 aliphatic carbocycles. The zero-order valence-corrected chi connectivity index (χ0v) is 10.5. The number of hydrogen-bond acceptors (Lipinski definition) is 2. The zero-order valence-electron chi connectivity index (χ0n) is 10.5. The van der Waals surface area contributed by atoms with Gasteiger partial charge in [-0.05, 0) is 31.2 Å². The number of fused-ring (bicyclic) bond motifs is 1. The first-order chi connectivity index (χ1) is 8.99. The van der Waals surface area contributed by atoms with Crippen molar-refractivity contribution in [1.82, 2.24) is 10.3 Å². The van der Waals surface area contributed by atoms with Crippen LogP contribution in [0.25, 0.3) is 10.9 Å². The molecule has 1 atom stereocenters. The van der Waals surface area contributed by atoms with Crippen LogP contribution in [0, 0.1) is 0 Å². The lowest BCUT2D eigenvalue weighted by atomic mass is 10.0. The van der Waals surface area contributed by atoms with Gasteiger partial charge in [0.25, 0.3) is 0 Å². The van der Waals surface area contributed by atoms with Crippen LogP contribution in [-0.2, 0) is 0 Å². The molecule has 1 heterocycles. The molecule has 2 rings (SSSR count). The second-order valence-electron chi connectivity index (χ2n) is 4.46. The number of aromatic nitrogens is 1. The molecule has 1 aromatic heterocycles. The highest BCUT2D eigenvalue weighted by molar-refractivity contribution is 5.78. The number of nitrogens with zero attached hydrogens (tertiary/aromatic N) is 1. The molecular formula is C14H15F3N2. The highest BCUT2D eigenvalue weighted by Gasteiger charge is 2.28. The summed E-state index contributed by atoms with van der Waals surface area (Å²) in [5.74, 6) is 0. The molecule has 0 spiro atoms. The number of halogens is 3. The van der Waals surface area contributed by atoms with Crippen LogP contribution in [0.2, 0.25) is 0 Å².